The van der Waals surface area contributed by atoms with Crippen LogP contribution in [0.3, 0.4) is 0 Å². The van der Waals surface area contributed by atoms with Gasteiger partial charge < -0.3 is 10.5 Å². The van der Waals surface area contributed by atoms with E-state index in [0.29, 0.717) is 5.69 Å². The first-order chi connectivity index (χ1) is 12.6. The summed E-state index contributed by atoms with van der Waals surface area (Å²) >= 11 is 6.90. The zero-order valence-electron chi connectivity index (χ0n) is 14.9. The highest BCUT2D eigenvalue weighted by Gasteiger charge is 2.17. The van der Waals surface area contributed by atoms with Crippen LogP contribution in [-0.2, 0) is 0 Å². The van der Waals surface area contributed by atoms with Crippen molar-refractivity contribution < 1.29 is 9.53 Å². The van der Waals surface area contributed by atoms with E-state index in [0.717, 1.165) is 36.6 Å². The molecule has 2 N–H and O–H groups in total. The highest BCUT2D eigenvalue weighted by atomic mass is 35.5. The average molecular weight is 394 g/mol. The molecule has 5 nitrogen and oxygen atoms in total. The number of carbonyl (C=O) groups excluding carboxylic acids is 1. The molecule has 1 atom stereocenters. The maximum atomic E-state index is 12.2. The van der Waals surface area contributed by atoms with Crippen LogP contribution < -0.4 is 10.5 Å². The molecule has 0 bridgehead atoms. The number of benzene rings is 1. The van der Waals surface area contributed by atoms with E-state index in [9.17, 15) is 4.79 Å². The molecule has 0 spiro atoms. The summed E-state index contributed by atoms with van der Waals surface area (Å²) < 4.78 is 5.45. The van der Waals surface area contributed by atoms with Gasteiger partial charge in [0.15, 0.2) is 10.9 Å². The molecular formula is C19H24ClN3O2S. The Bertz CT molecular complexity index is 700. The number of nitrogens with two attached hydrogens (primary N) is 1. The molecule has 0 fully saturated rings. The zero-order chi connectivity index (χ0) is 18.8. The van der Waals surface area contributed by atoms with Crippen LogP contribution >= 0.6 is 23.4 Å². The first kappa shape index (κ1) is 20.7. The van der Waals surface area contributed by atoms with Crippen LogP contribution in [0, 0.1) is 0 Å². The van der Waals surface area contributed by atoms with Crippen molar-refractivity contribution in [1.29, 1.82) is 0 Å². The van der Waals surface area contributed by atoms with Crippen molar-refractivity contribution in [2.75, 3.05) is 0 Å². The molecule has 2 rings (SSSR count). The quantitative estimate of drug-likeness (QED) is 0.335. The lowest BCUT2D eigenvalue weighted by Gasteiger charge is -2.12. The van der Waals surface area contributed by atoms with Crippen LogP contribution in [0.2, 0.25) is 5.15 Å². The lowest BCUT2D eigenvalue weighted by molar-refractivity contribution is 0.227. The summed E-state index contributed by atoms with van der Waals surface area (Å²) in [6, 6.07) is 10.9. The number of halogens is 1. The third-order valence-electron chi connectivity index (χ3n) is 3.81. The first-order valence-electron chi connectivity index (χ1n) is 8.83. The van der Waals surface area contributed by atoms with Crippen LogP contribution in [0.1, 0.15) is 45.4 Å². The summed E-state index contributed by atoms with van der Waals surface area (Å²) in [5, 5.41) is 7.32. The second-order valence-electron chi connectivity index (χ2n) is 5.96. The molecule has 0 amide bonds. The highest BCUT2D eigenvalue weighted by molar-refractivity contribution is 8.13. The molecule has 0 aliphatic heterocycles. The Labute approximate surface area is 163 Å². The predicted molar refractivity (Wildman–Crippen MR) is 107 cm³/mol. The number of hydrogen-bond donors (Lipinski definition) is 1. The van der Waals surface area contributed by atoms with E-state index < -0.39 is 5.30 Å². The lowest BCUT2D eigenvalue weighted by Crippen LogP contribution is -2.19. The molecule has 7 heteroatoms. The number of hydrogen-bond acceptors (Lipinski definition) is 6. The van der Waals surface area contributed by atoms with Crippen LogP contribution in [0.15, 0.2) is 36.4 Å². The molecule has 0 radical (unpaired) electrons. The molecule has 0 aliphatic carbocycles. The molecular weight excluding hydrogens is 370 g/mol. The number of aromatic nitrogens is 2. The normalized spacial score (nSPS) is 12.0. The van der Waals surface area contributed by atoms with Crippen molar-refractivity contribution in [3.63, 3.8) is 0 Å². The second kappa shape index (κ2) is 11.2. The predicted octanol–water partition coefficient (Wildman–Crippen LogP) is 5.67. The third kappa shape index (κ3) is 6.94. The van der Waals surface area contributed by atoms with E-state index in [2.05, 4.69) is 17.1 Å². The Hall–Kier alpha value is -1.63. The molecule has 1 unspecified atom stereocenters. The SMILES string of the molecule is CCCCCCCC(N)SC(=O)Oc1cc(Cl)nnc1-c1ccccc1. The molecule has 140 valence electrons. The van der Waals surface area contributed by atoms with Crippen LogP contribution in [0.25, 0.3) is 11.3 Å². The molecule has 2 aromatic rings. The topological polar surface area (TPSA) is 78.1 Å². The van der Waals surface area contributed by atoms with Crippen LogP contribution in [-0.4, -0.2) is 20.9 Å². The van der Waals surface area contributed by atoms with E-state index in [1.54, 1.807) is 0 Å². The molecule has 0 saturated heterocycles. The first-order valence-corrected chi connectivity index (χ1v) is 10.1. The van der Waals surface area contributed by atoms with Gasteiger partial charge in [-0.25, -0.2) is 4.79 Å². The maximum absolute atomic E-state index is 12.2. The number of rotatable bonds is 9. The molecule has 1 aromatic carbocycles. The van der Waals surface area contributed by atoms with Crippen LogP contribution in [0.5, 0.6) is 5.75 Å². The minimum atomic E-state index is -0.465. The summed E-state index contributed by atoms with van der Waals surface area (Å²) in [5.74, 6) is 0.281. The largest absolute Gasteiger partial charge is 0.416 e. The van der Waals surface area contributed by atoms with Gasteiger partial charge in [-0.15, -0.1) is 10.2 Å². The minimum absolute atomic E-state index is 0.165. The van der Waals surface area contributed by atoms with Crippen molar-refractivity contribution in [1.82, 2.24) is 10.2 Å². The fourth-order valence-corrected chi connectivity index (χ4v) is 3.28. The number of nitrogens with zero attached hydrogens (tertiary/aromatic N) is 2. The summed E-state index contributed by atoms with van der Waals surface area (Å²) in [5.41, 5.74) is 7.30. The number of carbonyl (C=O) groups is 1. The van der Waals surface area contributed by atoms with Gasteiger partial charge in [0, 0.05) is 11.6 Å². The molecule has 1 aromatic heterocycles. The standard InChI is InChI=1S/C19H24ClN3O2S/c1-2-3-4-5-9-12-17(21)26-19(24)25-15-13-16(20)22-23-18(15)14-10-7-6-8-11-14/h6-8,10-11,13,17H,2-5,9,12,21H2,1H3. The van der Waals surface area contributed by atoms with Gasteiger partial charge in [-0.1, -0.05) is 81.0 Å². The van der Waals surface area contributed by atoms with E-state index in [1.807, 2.05) is 30.3 Å². The van der Waals surface area contributed by atoms with Crippen molar-refractivity contribution in [2.24, 2.45) is 5.73 Å². The summed E-state index contributed by atoms with van der Waals surface area (Å²) in [7, 11) is 0. The second-order valence-corrected chi connectivity index (χ2v) is 7.52. The maximum Gasteiger partial charge on any atom is 0.374 e. The lowest BCUT2D eigenvalue weighted by atomic mass is 10.1. The third-order valence-corrected chi connectivity index (χ3v) is 4.81. The van der Waals surface area contributed by atoms with Crippen molar-refractivity contribution in [3.8, 4) is 17.0 Å². The molecule has 0 aliphatic rings. The Morgan fingerprint density at radius 2 is 1.92 bits per heavy atom. The van der Waals surface area contributed by atoms with E-state index in [-0.39, 0.29) is 16.3 Å². The van der Waals surface area contributed by atoms with Gasteiger partial charge in [-0.05, 0) is 18.2 Å². The van der Waals surface area contributed by atoms with E-state index in [4.69, 9.17) is 22.1 Å². The number of ether oxygens (including phenoxy) is 1. The summed E-state index contributed by atoms with van der Waals surface area (Å²) in [6.45, 7) is 2.18. The number of unbranched alkanes of at least 4 members (excludes halogenated alkanes) is 4. The Morgan fingerprint density at radius 1 is 1.19 bits per heavy atom. The van der Waals surface area contributed by atoms with E-state index >= 15 is 0 Å². The highest BCUT2D eigenvalue weighted by Crippen LogP contribution is 2.30. The summed E-state index contributed by atoms with van der Waals surface area (Å²) in [6.07, 6.45) is 6.59. The number of thioether (sulfide) groups is 1. The average Bonchev–Trinajstić information content (AvgIpc) is 2.62. The van der Waals surface area contributed by atoms with Gasteiger partial charge in [0.05, 0.1) is 5.37 Å². The Kier molecular flexibility index (Phi) is 8.88. The molecule has 1 heterocycles. The fourth-order valence-electron chi connectivity index (χ4n) is 2.47. The minimum Gasteiger partial charge on any atom is -0.416 e. The van der Waals surface area contributed by atoms with Crippen molar-refractivity contribution >= 4 is 28.7 Å². The van der Waals surface area contributed by atoms with Crippen LogP contribution in [0.4, 0.5) is 4.79 Å². The van der Waals surface area contributed by atoms with Gasteiger partial charge in [-0.3, -0.25) is 0 Å². The van der Waals surface area contributed by atoms with Crippen molar-refractivity contribution in [3.05, 3.63) is 41.6 Å². The monoisotopic (exact) mass is 393 g/mol. The van der Waals surface area contributed by atoms with Crippen molar-refractivity contribution in [2.45, 2.75) is 50.8 Å². The fraction of sp³-hybridized carbons (Fsp3) is 0.421. The summed E-state index contributed by atoms with van der Waals surface area (Å²) in [4.78, 5) is 12.2. The van der Waals surface area contributed by atoms with Gasteiger partial charge >= 0.3 is 5.30 Å². The smallest absolute Gasteiger partial charge is 0.374 e. The molecule has 0 saturated carbocycles. The Morgan fingerprint density at radius 3 is 2.65 bits per heavy atom. The van der Waals surface area contributed by atoms with Gasteiger partial charge in [0.1, 0.15) is 5.69 Å². The van der Waals surface area contributed by atoms with Gasteiger partial charge in [0.25, 0.3) is 0 Å². The van der Waals surface area contributed by atoms with Gasteiger partial charge in [0.2, 0.25) is 0 Å². The van der Waals surface area contributed by atoms with Gasteiger partial charge in [-0.2, -0.15) is 0 Å². The zero-order valence-corrected chi connectivity index (χ0v) is 16.4. The Balaban J connectivity index is 1.93. The molecule has 26 heavy (non-hydrogen) atoms. The van der Waals surface area contributed by atoms with E-state index in [1.165, 1.54) is 25.3 Å².